The van der Waals surface area contributed by atoms with Gasteiger partial charge < -0.3 is 14.2 Å². The predicted octanol–water partition coefficient (Wildman–Crippen LogP) is 3.60. The number of benzene rings is 2. The van der Waals surface area contributed by atoms with Crippen LogP contribution in [0, 0.1) is 5.82 Å². The van der Waals surface area contributed by atoms with E-state index in [4.69, 9.17) is 14.2 Å². The zero-order valence-corrected chi connectivity index (χ0v) is 18.7. The number of amides is 2. The molecule has 0 fully saturated rings. The summed E-state index contributed by atoms with van der Waals surface area (Å²) >= 11 is 0. The van der Waals surface area contributed by atoms with Crippen LogP contribution in [-0.2, 0) is 7.05 Å². The lowest BCUT2D eigenvalue weighted by atomic mass is 10.0. The summed E-state index contributed by atoms with van der Waals surface area (Å²) in [6.07, 6.45) is 1.37. The summed E-state index contributed by atoms with van der Waals surface area (Å²) in [5.41, 5.74) is 2.01. The highest BCUT2D eigenvalue weighted by molar-refractivity contribution is 6.38. The van der Waals surface area contributed by atoms with Crippen LogP contribution in [0.2, 0.25) is 0 Å². The standard InChI is InChI=1S/C24H19FN4O5/c1-28-22-19(20(27-28)12-5-7-13(25)8-6-12)18-15(11-26-22)23(30)29(24(18)31)14-9-16(32-2)21(34-4)17(10-14)33-3/h5-11H,1-4H3. The molecular formula is C24H19FN4O5. The molecule has 0 saturated carbocycles. The summed E-state index contributed by atoms with van der Waals surface area (Å²) in [4.78, 5) is 32.5. The minimum absolute atomic E-state index is 0.141. The van der Waals surface area contributed by atoms with Crippen LogP contribution in [0.3, 0.4) is 0 Å². The van der Waals surface area contributed by atoms with E-state index in [9.17, 15) is 14.0 Å². The molecule has 2 aromatic heterocycles. The van der Waals surface area contributed by atoms with Gasteiger partial charge in [-0.15, -0.1) is 0 Å². The molecule has 2 aromatic carbocycles. The van der Waals surface area contributed by atoms with Crippen molar-refractivity contribution in [2.75, 3.05) is 26.2 Å². The lowest BCUT2D eigenvalue weighted by Gasteiger charge is -2.18. The quantitative estimate of drug-likeness (QED) is 0.418. The Bertz CT molecular complexity index is 1450. The fourth-order valence-corrected chi connectivity index (χ4v) is 4.17. The second-order valence-corrected chi connectivity index (χ2v) is 7.55. The van der Waals surface area contributed by atoms with Crippen molar-refractivity contribution < 1.29 is 28.2 Å². The Hall–Kier alpha value is -4.47. The van der Waals surface area contributed by atoms with Crippen molar-refractivity contribution in [2.24, 2.45) is 7.05 Å². The van der Waals surface area contributed by atoms with E-state index in [1.165, 1.54) is 56.5 Å². The summed E-state index contributed by atoms with van der Waals surface area (Å²) in [6, 6.07) is 8.79. The van der Waals surface area contributed by atoms with Gasteiger partial charge in [-0.3, -0.25) is 9.59 Å². The number of aryl methyl sites for hydroxylation is 1. The number of carbonyl (C=O) groups excluding carboxylic acids is 2. The molecule has 10 heteroatoms. The molecule has 4 aromatic rings. The van der Waals surface area contributed by atoms with E-state index in [2.05, 4.69) is 10.1 Å². The molecule has 0 unspecified atom stereocenters. The third kappa shape index (κ3) is 2.99. The van der Waals surface area contributed by atoms with E-state index in [0.717, 1.165) is 4.90 Å². The lowest BCUT2D eigenvalue weighted by molar-refractivity contribution is 0.0926. The molecule has 5 rings (SSSR count). The number of fused-ring (bicyclic) bond motifs is 3. The highest BCUT2D eigenvalue weighted by Crippen LogP contribution is 2.44. The summed E-state index contributed by atoms with van der Waals surface area (Å²) in [5, 5.41) is 4.91. The van der Waals surface area contributed by atoms with Gasteiger partial charge in [-0.1, -0.05) is 0 Å². The first-order valence-corrected chi connectivity index (χ1v) is 10.2. The number of rotatable bonds is 5. The van der Waals surface area contributed by atoms with Gasteiger partial charge in [0, 0.05) is 30.9 Å². The largest absolute Gasteiger partial charge is 0.493 e. The van der Waals surface area contributed by atoms with Gasteiger partial charge in [0.1, 0.15) is 11.5 Å². The molecule has 1 aliphatic rings. The highest BCUT2D eigenvalue weighted by Gasteiger charge is 2.41. The first-order valence-electron chi connectivity index (χ1n) is 10.2. The van der Waals surface area contributed by atoms with Crippen molar-refractivity contribution in [3.05, 3.63) is 59.5 Å². The monoisotopic (exact) mass is 462 g/mol. The third-order valence-corrected chi connectivity index (χ3v) is 5.73. The topological polar surface area (TPSA) is 95.8 Å². The molecule has 0 spiro atoms. The second-order valence-electron chi connectivity index (χ2n) is 7.55. The van der Waals surface area contributed by atoms with Crippen molar-refractivity contribution in [3.8, 4) is 28.5 Å². The SMILES string of the molecule is COc1cc(N2C(=O)c3cnc4c(c(-c5ccc(F)cc5)nn4C)c3C2=O)cc(OC)c1OC. The van der Waals surface area contributed by atoms with Crippen LogP contribution in [0.4, 0.5) is 10.1 Å². The fraction of sp³-hybridized carbons (Fsp3) is 0.167. The Balaban J connectivity index is 1.72. The molecule has 0 atom stereocenters. The Morgan fingerprint density at radius 2 is 1.56 bits per heavy atom. The lowest BCUT2D eigenvalue weighted by Crippen LogP contribution is -2.29. The number of aromatic nitrogens is 3. The maximum absolute atomic E-state index is 13.7. The Kier molecular flexibility index (Phi) is 4.93. The average molecular weight is 462 g/mol. The smallest absolute Gasteiger partial charge is 0.267 e. The number of hydrogen-bond donors (Lipinski definition) is 0. The normalized spacial score (nSPS) is 12.9. The summed E-state index contributed by atoms with van der Waals surface area (Å²) < 4.78 is 31.1. The van der Waals surface area contributed by atoms with Gasteiger partial charge in [0.05, 0.1) is 43.5 Å². The fourth-order valence-electron chi connectivity index (χ4n) is 4.17. The Morgan fingerprint density at radius 1 is 0.912 bits per heavy atom. The molecule has 9 nitrogen and oxygen atoms in total. The van der Waals surface area contributed by atoms with Gasteiger partial charge in [-0.2, -0.15) is 5.10 Å². The highest BCUT2D eigenvalue weighted by atomic mass is 19.1. The van der Waals surface area contributed by atoms with Crippen LogP contribution in [-0.4, -0.2) is 47.9 Å². The minimum atomic E-state index is -0.544. The molecule has 1 aliphatic heterocycles. The van der Waals surface area contributed by atoms with Crippen LogP contribution < -0.4 is 19.1 Å². The van der Waals surface area contributed by atoms with E-state index in [1.807, 2.05) is 0 Å². The maximum Gasteiger partial charge on any atom is 0.267 e. The number of pyridine rings is 1. The number of imide groups is 1. The minimum Gasteiger partial charge on any atom is -0.493 e. The summed E-state index contributed by atoms with van der Waals surface area (Å²) in [6.45, 7) is 0. The van der Waals surface area contributed by atoms with Gasteiger partial charge in [0.2, 0.25) is 5.75 Å². The molecule has 0 radical (unpaired) electrons. The van der Waals surface area contributed by atoms with Crippen molar-refractivity contribution in [1.29, 1.82) is 0 Å². The third-order valence-electron chi connectivity index (χ3n) is 5.73. The predicted molar refractivity (Wildman–Crippen MR) is 121 cm³/mol. The first-order chi connectivity index (χ1) is 16.4. The first kappa shape index (κ1) is 21.4. The van der Waals surface area contributed by atoms with Crippen LogP contribution >= 0.6 is 0 Å². The van der Waals surface area contributed by atoms with Crippen molar-refractivity contribution in [1.82, 2.24) is 14.8 Å². The zero-order chi connectivity index (χ0) is 24.1. The van der Waals surface area contributed by atoms with Crippen LogP contribution in [0.25, 0.3) is 22.3 Å². The summed E-state index contributed by atoms with van der Waals surface area (Å²) in [7, 11) is 6.04. The number of anilines is 1. The van der Waals surface area contributed by atoms with Crippen molar-refractivity contribution in [2.45, 2.75) is 0 Å². The molecular weight excluding hydrogens is 443 g/mol. The number of halogens is 1. The molecule has 34 heavy (non-hydrogen) atoms. The van der Waals surface area contributed by atoms with E-state index < -0.39 is 17.6 Å². The average Bonchev–Trinajstić information content (AvgIpc) is 3.32. The van der Waals surface area contributed by atoms with Crippen molar-refractivity contribution in [3.63, 3.8) is 0 Å². The molecule has 0 N–H and O–H groups in total. The van der Waals surface area contributed by atoms with E-state index in [-0.39, 0.29) is 16.8 Å². The maximum atomic E-state index is 13.7. The number of nitrogens with zero attached hydrogens (tertiary/aromatic N) is 4. The van der Waals surface area contributed by atoms with Crippen LogP contribution in [0.5, 0.6) is 17.2 Å². The van der Waals surface area contributed by atoms with Gasteiger partial charge in [0.15, 0.2) is 17.1 Å². The van der Waals surface area contributed by atoms with Gasteiger partial charge in [-0.05, 0) is 24.3 Å². The molecule has 3 heterocycles. The Morgan fingerprint density at radius 3 is 2.15 bits per heavy atom. The molecule has 2 amide bonds. The van der Waals surface area contributed by atoms with Gasteiger partial charge >= 0.3 is 0 Å². The molecule has 0 saturated heterocycles. The number of carbonyl (C=O) groups is 2. The van der Waals surface area contributed by atoms with Crippen LogP contribution in [0.1, 0.15) is 20.7 Å². The number of hydrogen-bond acceptors (Lipinski definition) is 7. The molecule has 0 bridgehead atoms. The number of ether oxygens (including phenoxy) is 3. The van der Waals surface area contributed by atoms with Gasteiger partial charge in [-0.25, -0.2) is 19.0 Å². The molecule has 0 aliphatic carbocycles. The van der Waals surface area contributed by atoms with E-state index in [0.29, 0.717) is 39.5 Å². The van der Waals surface area contributed by atoms with E-state index in [1.54, 1.807) is 19.2 Å². The molecule has 172 valence electrons. The zero-order valence-electron chi connectivity index (χ0n) is 18.7. The Labute approximate surface area is 193 Å². The van der Waals surface area contributed by atoms with Gasteiger partial charge in [0.25, 0.3) is 11.8 Å². The van der Waals surface area contributed by atoms with Crippen molar-refractivity contribution >= 4 is 28.5 Å². The van der Waals surface area contributed by atoms with Crippen LogP contribution in [0.15, 0.2) is 42.6 Å². The van der Waals surface area contributed by atoms with E-state index >= 15 is 0 Å². The second kappa shape index (κ2) is 7.84. The number of methoxy groups -OCH3 is 3. The summed E-state index contributed by atoms with van der Waals surface area (Å²) in [5.74, 6) is -0.557.